The molecule has 122 valence electrons. The van der Waals surface area contributed by atoms with Gasteiger partial charge in [0.15, 0.2) is 0 Å². The van der Waals surface area contributed by atoms with E-state index in [1.165, 1.54) is 19.1 Å². The molecular weight excluding hydrogens is 283 g/mol. The van der Waals surface area contributed by atoms with Crippen LogP contribution in [0.15, 0.2) is 24.3 Å². The van der Waals surface area contributed by atoms with Crippen LogP contribution in [-0.4, -0.2) is 36.3 Å². The van der Waals surface area contributed by atoms with Gasteiger partial charge in [0.2, 0.25) is 11.8 Å². The number of rotatable bonds is 8. The van der Waals surface area contributed by atoms with Gasteiger partial charge in [-0.05, 0) is 30.0 Å². The van der Waals surface area contributed by atoms with Gasteiger partial charge in [0.25, 0.3) is 0 Å². The quantitative estimate of drug-likeness (QED) is 0.801. The lowest BCUT2D eigenvalue weighted by Crippen LogP contribution is -2.36. The van der Waals surface area contributed by atoms with Crippen LogP contribution in [0.1, 0.15) is 32.8 Å². The van der Waals surface area contributed by atoms with Crippen LogP contribution in [0.3, 0.4) is 0 Å². The minimum atomic E-state index is -0.269. The molecule has 0 spiro atoms. The SMILES string of the molecule is CC(=O)N(CCC(=O)NCC(C)C)CCc1ccc(F)cc1. The maximum atomic E-state index is 12.8. The van der Waals surface area contributed by atoms with Gasteiger partial charge < -0.3 is 10.2 Å². The van der Waals surface area contributed by atoms with Crippen molar-refractivity contribution in [1.82, 2.24) is 10.2 Å². The van der Waals surface area contributed by atoms with Gasteiger partial charge in [-0.1, -0.05) is 26.0 Å². The zero-order chi connectivity index (χ0) is 16.5. The lowest BCUT2D eigenvalue weighted by atomic mass is 10.1. The van der Waals surface area contributed by atoms with Crippen LogP contribution in [0.25, 0.3) is 0 Å². The lowest BCUT2D eigenvalue weighted by molar-refractivity contribution is -0.129. The third-order valence-corrected chi connectivity index (χ3v) is 3.35. The normalized spacial score (nSPS) is 10.6. The highest BCUT2D eigenvalue weighted by Gasteiger charge is 2.11. The first-order valence-electron chi connectivity index (χ1n) is 7.65. The van der Waals surface area contributed by atoms with E-state index in [0.29, 0.717) is 38.4 Å². The summed E-state index contributed by atoms with van der Waals surface area (Å²) in [7, 11) is 0. The molecule has 0 saturated heterocycles. The topological polar surface area (TPSA) is 49.4 Å². The molecule has 0 aliphatic carbocycles. The zero-order valence-electron chi connectivity index (χ0n) is 13.6. The molecule has 4 nitrogen and oxygen atoms in total. The molecule has 1 rings (SSSR count). The number of carbonyl (C=O) groups is 2. The Morgan fingerprint density at radius 2 is 1.82 bits per heavy atom. The first kappa shape index (κ1) is 18.1. The Morgan fingerprint density at radius 3 is 2.36 bits per heavy atom. The number of hydrogen-bond donors (Lipinski definition) is 1. The van der Waals surface area contributed by atoms with Crippen molar-refractivity contribution in [2.75, 3.05) is 19.6 Å². The summed E-state index contributed by atoms with van der Waals surface area (Å²) in [5.41, 5.74) is 0.969. The van der Waals surface area contributed by atoms with E-state index in [2.05, 4.69) is 5.32 Å². The van der Waals surface area contributed by atoms with Crippen molar-refractivity contribution in [3.8, 4) is 0 Å². The Labute approximate surface area is 131 Å². The van der Waals surface area contributed by atoms with Crippen molar-refractivity contribution in [2.45, 2.75) is 33.6 Å². The van der Waals surface area contributed by atoms with Crippen LogP contribution in [0.4, 0.5) is 4.39 Å². The Bertz CT molecular complexity index is 486. The number of halogens is 1. The molecule has 0 aliphatic rings. The van der Waals surface area contributed by atoms with Crippen LogP contribution in [0.2, 0.25) is 0 Å². The monoisotopic (exact) mass is 308 g/mol. The predicted octanol–water partition coefficient (Wildman–Crippen LogP) is 2.38. The lowest BCUT2D eigenvalue weighted by Gasteiger charge is -2.21. The van der Waals surface area contributed by atoms with E-state index < -0.39 is 0 Å². The van der Waals surface area contributed by atoms with Crippen molar-refractivity contribution >= 4 is 11.8 Å². The third-order valence-electron chi connectivity index (χ3n) is 3.35. The zero-order valence-corrected chi connectivity index (χ0v) is 13.6. The number of nitrogens with zero attached hydrogens (tertiary/aromatic N) is 1. The summed E-state index contributed by atoms with van der Waals surface area (Å²) < 4.78 is 12.8. The van der Waals surface area contributed by atoms with Crippen molar-refractivity contribution in [1.29, 1.82) is 0 Å². The summed E-state index contributed by atoms with van der Waals surface area (Å²) in [6, 6.07) is 6.24. The summed E-state index contributed by atoms with van der Waals surface area (Å²) in [5, 5.41) is 2.84. The smallest absolute Gasteiger partial charge is 0.221 e. The highest BCUT2D eigenvalue weighted by molar-refractivity contribution is 5.78. The van der Waals surface area contributed by atoms with Crippen LogP contribution >= 0.6 is 0 Å². The highest BCUT2D eigenvalue weighted by atomic mass is 19.1. The Morgan fingerprint density at radius 1 is 1.18 bits per heavy atom. The average Bonchev–Trinajstić information content (AvgIpc) is 2.46. The molecule has 0 aliphatic heterocycles. The molecule has 1 aromatic carbocycles. The molecule has 0 bridgehead atoms. The molecule has 0 atom stereocenters. The number of nitrogens with one attached hydrogen (secondary N) is 1. The van der Waals surface area contributed by atoms with E-state index >= 15 is 0 Å². The molecular formula is C17H25FN2O2. The molecule has 0 aromatic heterocycles. The van der Waals surface area contributed by atoms with E-state index in [0.717, 1.165) is 5.56 Å². The maximum Gasteiger partial charge on any atom is 0.221 e. The Balaban J connectivity index is 2.40. The van der Waals surface area contributed by atoms with Gasteiger partial charge >= 0.3 is 0 Å². The van der Waals surface area contributed by atoms with Gasteiger partial charge in [-0.25, -0.2) is 4.39 Å². The fourth-order valence-electron chi connectivity index (χ4n) is 1.98. The Kier molecular flexibility index (Phi) is 7.57. The number of benzene rings is 1. The van der Waals surface area contributed by atoms with Gasteiger partial charge in [-0.3, -0.25) is 9.59 Å². The number of carbonyl (C=O) groups excluding carboxylic acids is 2. The molecule has 0 unspecified atom stereocenters. The van der Waals surface area contributed by atoms with Crippen LogP contribution in [0.5, 0.6) is 0 Å². The first-order valence-corrected chi connectivity index (χ1v) is 7.65. The van der Waals surface area contributed by atoms with E-state index in [1.807, 2.05) is 13.8 Å². The van der Waals surface area contributed by atoms with Gasteiger partial charge in [0.05, 0.1) is 0 Å². The van der Waals surface area contributed by atoms with Crippen LogP contribution in [-0.2, 0) is 16.0 Å². The second-order valence-corrected chi connectivity index (χ2v) is 5.83. The van der Waals surface area contributed by atoms with E-state index in [4.69, 9.17) is 0 Å². The van der Waals surface area contributed by atoms with E-state index in [1.54, 1.807) is 17.0 Å². The molecule has 22 heavy (non-hydrogen) atoms. The van der Waals surface area contributed by atoms with Gasteiger partial charge in [0.1, 0.15) is 5.82 Å². The molecule has 1 aromatic rings. The molecule has 0 saturated carbocycles. The third kappa shape index (κ3) is 7.20. The second kappa shape index (κ2) is 9.18. The molecule has 1 N–H and O–H groups in total. The summed E-state index contributed by atoms with van der Waals surface area (Å²) in [5.74, 6) is 0.0424. The second-order valence-electron chi connectivity index (χ2n) is 5.83. The molecule has 5 heteroatoms. The van der Waals surface area contributed by atoms with Gasteiger partial charge in [-0.15, -0.1) is 0 Å². The predicted molar refractivity (Wildman–Crippen MR) is 84.8 cm³/mol. The molecule has 0 radical (unpaired) electrons. The number of amides is 2. The molecule has 0 fully saturated rings. The summed E-state index contributed by atoms with van der Waals surface area (Å²) in [6.07, 6.45) is 0.948. The highest BCUT2D eigenvalue weighted by Crippen LogP contribution is 2.05. The Hall–Kier alpha value is -1.91. The molecule has 2 amide bonds. The molecule has 0 heterocycles. The van der Waals surface area contributed by atoms with Crippen LogP contribution < -0.4 is 5.32 Å². The standard InChI is InChI=1S/C17H25FN2O2/c1-13(2)12-19-17(22)9-11-20(14(3)21)10-8-15-4-6-16(18)7-5-15/h4-7,13H,8-12H2,1-3H3,(H,19,22). The van der Waals surface area contributed by atoms with Crippen molar-refractivity contribution in [3.63, 3.8) is 0 Å². The van der Waals surface area contributed by atoms with E-state index in [-0.39, 0.29) is 17.6 Å². The van der Waals surface area contributed by atoms with Gasteiger partial charge in [-0.2, -0.15) is 0 Å². The average molecular weight is 308 g/mol. The summed E-state index contributed by atoms with van der Waals surface area (Å²) in [6.45, 7) is 7.14. The van der Waals surface area contributed by atoms with Crippen LogP contribution in [0, 0.1) is 11.7 Å². The fraction of sp³-hybridized carbons (Fsp3) is 0.529. The largest absolute Gasteiger partial charge is 0.356 e. The maximum absolute atomic E-state index is 12.8. The van der Waals surface area contributed by atoms with Crippen molar-refractivity contribution < 1.29 is 14.0 Å². The van der Waals surface area contributed by atoms with Gasteiger partial charge in [0, 0.05) is 33.0 Å². The minimum absolute atomic E-state index is 0.0401. The first-order chi connectivity index (χ1) is 10.4. The van der Waals surface area contributed by atoms with E-state index in [9.17, 15) is 14.0 Å². The fourth-order valence-corrected chi connectivity index (χ4v) is 1.98. The summed E-state index contributed by atoms with van der Waals surface area (Å²) in [4.78, 5) is 25.0. The minimum Gasteiger partial charge on any atom is -0.356 e. The number of hydrogen-bond acceptors (Lipinski definition) is 2. The van der Waals surface area contributed by atoms with Crippen molar-refractivity contribution in [2.24, 2.45) is 5.92 Å². The van der Waals surface area contributed by atoms with Crippen molar-refractivity contribution in [3.05, 3.63) is 35.6 Å². The summed E-state index contributed by atoms with van der Waals surface area (Å²) >= 11 is 0.